The number of anilines is 3. The Hall–Kier alpha value is -3.47. The molecule has 2 aromatic carbocycles. The van der Waals surface area contributed by atoms with Crippen LogP contribution in [0, 0.1) is 0 Å². The van der Waals surface area contributed by atoms with Crippen molar-refractivity contribution in [1.82, 2.24) is 9.88 Å². The van der Waals surface area contributed by atoms with E-state index in [1.165, 1.54) is 12.4 Å². The number of amides is 1. The molecule has 1 aromatic heterocycles. The maximum Gasteiger partial charge on any atom is 0.305 e. The summed E-state index contributed by atoms with van der Waals surface area (Å²) in [6, 6.07) is 5.94. The molecular formula is C25H25Cl2N5O5. The second kappa shape index (κ2) is 10.9. The molecule has 1 unspecified atom stereocenters. The van der Waals surface area contributed by atoms with Crippen molar-refractivity contribution < 1.29 is 14.7 Å². The van der Waals surface area contributed by atoms with Crippen LogP contribution in [-0.4, -0.2) is 60.1 Å². The van der Waals surface area contributed by atoms with E-state index in [1.54, 1.807) is 24.3 Å². The van der Waals surface area contributed by atoms with Gasteiger partial charge in [0.25, 0.3) is 16.8 Å². The van der Waals surface area contributed by atoms with Crippen molar-refractivity contribution in [1.29, 1.82) is 0 Å². The number of carbonyl (C=O) groups is 2. The van der Waals surface area contributed by atoms with Crippen molar-refractivity contribution >= 4 is 52.1 Å². The molecule has 2 atom stereocenters. The summed E-state index contributed by atoms with van der Waals surface area (Å²) in [6.45, 7) is 1.24. The van der Waals surface area contributed by atoms with Crippen LogP contribution in [0.25, 0.3) is 0 Å². The molecule has 37 heavy (non-hydrogen) atoms. The number of nitrogens with zero attached hydrogens (tertiary/aromatic N) is 3. The lowest BCUT2D eigenvalue weighted by atomic mass is 10.0. The normalized spacial score (nSPS) is 16.2. The first-order valence-corrected chi connectivity index (χ1v) is 12.3. The quantitative estimate of drug-likeness (QED) is 0.347. The highest BCUT2D eigenvalue weighted by molar-refractivity contribution is 6.40. The van der Waals surface area contributed by atoms with Crippen molar-refractivity contribution in [2.45, 2.75) is 24.9 Å². The van der Waals surface area contributed by atoms with Gasteiger partial charge in [0.2, 0.25) is 0 Å². The molecule has 12 heteroatoms. The zero-order valence-corrected chi connectivity index (χ0v) is 21.6. The molecule has 1 amide bonds. The Morgan fingerprint density at radius 2 is 1.78 bits per heavy atom. The predicted molar refractivity (Wildman–Crippen MR) is 143 cm³/mol. The fourth-order valence-electron chi connectivity index (χ4n) is 4.40. The van der Waals surface area contributed by atoms with Crippen LogP contribution in [0.4, 0.5) is 17.1 Å². The molecule has 10 nitrogen and oxygen atoms in total. The number of nitrogens with one attached hydrogen (secondary N) is 2. The second-order valence-corrected chi connectivity index (χ2v) is 9.90. The van der Waals surface area contributed by atoms with Crippen molar-refractivity contribution in [2.24, 2.45) is 0 Å². The Kier molecular flexibility index (Phi) is 7.82. The number of rotatable bonds is 9. The van der Waals surface area contributed by atoms with Gasteiger partial charge in [-0.15, -0.1) is 0 Å². The molecule has 0 radical (unpaired) electrons. The Bertz CT molecular complexity index is 1380. The summed E-state index contributed by atoms with van der Waals surface area (Å²) < 4.78 is 0. The first kappa shape index (κ1) is 26.6. The Morgan fingerprint density at radius 1 is 1.14 bits per heavy atom. The van der Waals surface area contributed by atoms with E-state index >= 15 is 0 Å². The average Bonchev–Trinajstić information content (AvgIpc) is 3.32. The van der Waals surface area contributed by atoms with Crippen LogP contribution >= 0.6 is 23.2 Å². The number of pyridine rings is 1. The van der Waals surface area contributed by atoms with Crippen molar-refractivity contribution in [3.05, 3.63) is 78.3 Å². The number of hydrogen-bond donors (Lipinski definition) is 3. The van der Waals surface area contributed by atoms with E-state index in [1.807, 2.05) is 19.0 Å². The minimum absolute atomic E-state index is 0.0823. The van der Waals surface area contributed by atoms with Gasteiger partial charge in [-0.2, -0.15) is 0 Å². The maximum atomic E-state index is 12.6. The standard InChI is InChI=1S/C25H25Cl2N5O5/c1-31(2)15-7-8-32(12-15)22-21(23(35)24(22)36)30-18(9-19(33)34)13-3-5-14(6-4-13)29-25(37)20-16(26)10-28-11-17(20)27/h3-6,10-11,15,18,30H,7-9,12H2,1-2H3,(H,29,37)(H,33,34)/t15-,18?/m0/s1. The van der Waals surface area contributed by atoms with Gasteiger partial charge in [-0.05, 0) is 38.2 Å². The van der Waals surface area contributed by atoms with Gasteiger partial charge >= 0.3 is 5.97 Å². The zero-order chi connectivity index (χ0) is 26.9. The van der Waals surface area contributed by atoms with Gasteiger partial charge in [0, 0.05) is 37.2 Å². The van der Waals surface area contributed by atoms with Crippen LogP contribution in [0.3, 0.4) is 0 Å². The number of aliphatic carboxylic acids is 1. The van der Waals surface area contributed by atoms with Crippen LogP contribution in [0.15, 0.2) is 46.2 Å². The predicted octanol–water partition coefficient (Wildman–Crippen LogP) is 3.00. The van der Waals surface area contributed by atoms with Gasteiger partial charge < -0.3 is 25.5 Å². The summed E-state index contributed by atoms with van der Waals surface area (Å²) in [5, 5.41) is 15.4. The lowest BCUT2D eigenvalue weighted by molar-refractivity contribution is -0.137. The highest BCUT2D eigenvalue weighted by Gasteiger charge is 2.33. The number of likely N-dealkylation sites (N-methyl/N-ethyl adjacent to an activating group) is 1. The molecule has 1 aliphatic heterocycles. The largest absolute Gasteiger partial charge is 0.481 e. The Balaban J connectivity index is 1.53. The first-order chi connectivity index (χ1) is 17.6. The molecule has 0 saturated carbocycles. The number of benzene rings is 1. The van der Waals surface area contributed by atoms with E-state index in [0.717, 1.165) is 6.42 Å². The number of carboxylic acids is 1. The number of carbonyl (C=O) groups excluding carboxylic acids is 1. The lowest BCUT2D eigenvalue weighted by Crippen LogP contribution is -2.43. The summed E-state index contributed by atoms with van der Waals surface area (Å²) in [4.78, 5) is 56.8. The van der Waals surface area contributed by atoms with E-state index in [-0.39, 0.29) is 33.8 Å². The monoisotopic (exact) mass is 545 g/mol. The summed E-state index contributed by atoms with van der Waals surface area (Å²) in [7, 11) is 3.93. The number of halogens is 2. The van der Waals surface area contributed by atoms with E-state index in [2.05, 4.69) is 20.5 Å². The second-order valence-electron chi connectivity index (χ2n) is 9.08. The minimum atomic E-state index is -1.08. The summed E-state index contributed by atoms with van der Waals surface area (Å²) in [6.07, 6.45) is 3.15. The highest BCUT2D eigenvalue weighted by Crippen LogP contribution is 2.31. The molecule has 194 valence electrons. The third kappa shape index (κ3) is 5.61. The number of hydrogen-bond acceptors (Lipinski definition) is 8. The molecule has 0 spiro atoms. The average molecular weight is 546 g/mol. The molecule has 3 aromatic rings. The van der Waals surface area contributed by atoms with Gasteiger partial charge in [-0.3, -0.25) is 24.2 Å². The fraction of sp³-hybridized carbons (Fsp3) is 0.320. The summed E-state index contributed by atoms with van der Waals surface area (Å²) in [5.41, 5.74) is 0.283. The lowest BCUT2D eigenvalue weighted by Gasteiger charge is -2.27. The van der Waals surface area contributed by atoms with E-state index in [0.29, 0.717) is 30.0 Å². The highest BCUT2D eigenvalue weighted by atomic mass is 35.5. The molecular weight excluding hydrogens is 521 g/mol. The number of carboxylic acid groups (broad SMARTS) is 1. The third-order valence-corrected chi connectivity index (χ3v) is 7.02. The van der Waals surface area contributed by atoms with Crippen LogP contribution in [0.2, 0.25) is 10.0 Å². The zero-order valence-electron chi connectivity index (χ0n) is 20.1. The minimum Gasteiger partial charge on any atom is -0.481 e. The third-order valence-electron chi connectivity index (χ3n) is 6.44. The van der Waals surface area contributed by atoms with Gasteiger partial charge in [0.1, 0.15) is 11.4 Å². The van der Waals surface area contributed by atoms with E-state index < -0.39 is 28.8 Å². The van der Waals surface area contributed by atoms with Crippen LogP contribution in [0.1, 0.15) is 34.8 Å². The van der Waals surface area contributed by atoms with Crippen molar-refractivity contribution in [3.8, 4) is 0 Å². The molecule has 1 saturated heterocycles. The molecule has 3 N–H and O–H groups in total. The Morgan fingerprint density at radius 3 is 2.35 bits per heavy atom. The van der Waals surface area contributed by atoms with Crippen LogP contribution in [-0.2, 0) is 4.79 Å². The van der Waals surface area contributed by atoms with Gasteiger partial charge in [-0.1, -0.05) is 35.3 Å². The maximum absolute atomic E-state index is 12.6. The molecule has 4 rings (SSSR count). The van der Waals surface area contributed by atoms with E-state index in [9.17, 15) is 24.3 Å². The van der Waals surface area contributed by atoms with Crippen LogP contribution < -0.4 is 26.4 Å². The first-order valence-electron chi connectivity index (χ1n) is 11.5. The fourth-order valence-corrected chi connectivity index (χ4v) is 4.94. The van der Waals surface area contributed by atoms with Gasteiger partial charge in [-0.25, -0.2) is 0 Å². The summed E-state index contributed by atoms with van der Waals surface area (Å²) >= 11 is 12.1. The molecule has 2 heterocycles. The van der Waals surface area contributed by atoms with Gasteiger partial charge in [0.05, 0.1) is 28.1 Å². The smallest absolute Gasteiger partial charge is 0.305 e. The molecule has 0 aliphatic carbocycles. The van der Waals surface area contributed by atoms with E-state index in [4.69, 9.17) is 23.2 Å². The van der Waals surface area contributed by atoms with Crippen molar-refractivity contribution in [2.75, 3.05) is 42.7 Å². The SMILES string of the molecule is CN(C)[C@H]1CCN(c2c(NC(CC(=O)O)c3ccc(NC(=O)c4c(Cl)cncc4Cl)cc3)c(=O)c2=O)C1. The van der Waals surface area contributed by atoms with Crippen molar-refractivity contribution in [3.63, 3.8) is 0 Å². The Labute approximate surface area is 222 Å². The topological polar surface area (TPSA) is 132 Å². The molecule has 1 fully saturated rings. The number of aromatic nitrogens is 1. The van der Waals surface area contributed by atoms with Crippen LogP contribution in [0.5, 0.6) is 0 Å². The molecule has 1 aliphatic rings. The molecule has 0 bridgehead atoms. The summed E-state index contributed by atoms with van der Waals surface area (Å²) in [5.74, 6) is -1.61. The van der Waals surface area contributed by atoms with Gasteiger partial charge in [0.15, 0.2) is 0 Å².